The van der Waals surface area contributed by atoms with Crippen LogP contribution >= 0.6 is 0 Å². The number of amides is 1. The Labute approximate surface area is 150 Å². The quantitative estimate of drug-likeness (QED) is 0.705. The molecule has 3 rings (SSSR count). The van der Waals surface area contributed by atoms with Crippen LogP contribution in [0.5, 0.6) is 5.75 Å². The highest BCUT2D eigenvalue weighted by Gasteiger charge is 2.10. The lowest BCUT2D eigenvalue weighted by atomic mass is 10.1. The number of nitrogens with zero attached hydrogens (tertiary/aromatic N) is 2. The molecule has 0 bridgehead atoms. The topological polar surface area (TPSA) is 97.0 Å². The third kappa shape index (κ3) is 4.54. The number of aromatic amines is 1. The Morgan fingerprint density at radius 3 is 2.54 bits per heavy atom. The van der Waals surface area contributed by atoms with Crippen LogP contribution in [-0.2, 0) is 13.0 Å². The van der Waals surface area contributed by atoms with E-state index in [1.807, 2.05) is 24.3 Å². The summed E-state index contributed by atoms with van der Waals surface area (Å²) in [6.45, 7) is 0.337. The van der Waals surface area contributed by atoms with Crippen molar-refractivity contribution in [3.63, 3.8) is 0 Å². The lowest BCUT2D eigenvalue weighted by molar-refractivity contribution is 0.0945. The number of ether oxygens (including phenoxy) is 1. The Kier molecular flexibility index (Phi) is 5.38. The summed E-state index contributed by atoms with van der Waals surface area (Å²) in [5.41, 5.74) is 1.59. The number of methoxy groups -OCH3 is 1. The van der Waals surface area contributed by atoms with Crippen LogP contribution in [0.4, 0.5) is 0 Å². The van der Waals surface area contributed by atoms with Gasteiger partial charge in [-0.2, -0.15) is 0 Å². The van der Waals surface area contributed by atoms with Crippen LogP contribution in [0.1, 0.15) is 27.4 Å². The van der Waals surface area contributed by atoms with Crippen molar-refractivity contribution in [3.8, 4) is 5.75 Å². The monoisotopic (exact) mass is 350 g/mol. The molecule has 7 heteroatoms. The zero-order chi connectivity index (χ0) is 18.4. The van der Waals surface area contributed by atoms with Crippen LogP contribution in [0.2, 0.25) is 0 Å². The SMILES string of the molecule is COc1ccc(Cc2nc(C(=O)NCc3ccncc3)cc(=O)[nH]2)cc1. The fraction of sp³-hybridized carbons (Fsp3) is 0.158. The Balaban J connectivity index is 1.72. The standard InChI is InChI=1S/C19H18N4O3/c1-26-15-4-2-13(3-5-15)10-17-22-16(11-18(24)23-17)19(25)21-12-14-6-8-20-9-7-14/h2-9,11H,10,12H2,1H3,(H,21,25)(H,22,23,24). The molecular formula is C19H18N4O3. The normalized spacial score (nSPS) is 10.3. The minimum atomic E-state index is -0.399. The summed E-state index contributed by atoms with van der Waals surface area (Å²) in [5.74, 6) is 0.778. The number of hydrogen-bond donors (Lipinski definition) is 2. The molecule has 2 N–H and O–H groups in total. The molecule has 1 aromatic carbocycles. The van der Waals surface area contributed by atoms with Crippen LogP contribution in [0.3, 0.4) is 0 Å². The molecule has 0 spiro atoms. The number of H-pyrrole nitrogens is 1. The maximum absolute atomic E-state index is 12.3. The van der Waals surface area contributed by atoms with Gasteiger partial charge in [0, 0.05) is 31.4 Å². The Hall–Kier alpha value is -3.48. The van der Waals surface area contributed by atoms with E-state index in [0.29, 0.717) is 18.8 Å². The van der Waals surface area contributed by atoms with E-state index in [1.165, 1.54) is 6.07 Å². The van der Waals surface area contributed by atoms with Crippen molar-refractivity contribution < 1.29 is 9.53 Å². The lowest BCUT2D eigenvalue weighted by Gasteiger charge is -2.07. The number of carbonyl (C=O) groups is 1. The number of aromatic nitrogens is 3. The Bertz CT molecular complexity index is 937. The van der Waals surface area contributed by atoms with Crippen LogP contribution in [0, 0.1) is 0 Å². The summed E-state index contributed by atoms with van der Waals surface area (Å²) in [6.07, 6.45) is 3.71. The van der Waals surface area contributed by atoms with Crippen LogP contribution < -0.4 is 15.6 Å². The maximum atomic E-state index is 12.3. The van der Waals surface area contributed by atoms with E-state index in [4.69, 9.17) is 4.74 Å². The molecule has 0 unspecified atom stereocenters. The fourth-order valence-electron chi connectivity index (χ4n) is 2.42. The van der Waals surface area contributed by atoms with Gasteiger partial charge in [-0.05, 0) is 35.4 Å². The summed E-state index contributed by atoms with van der Waals surface area (Å²) in [5, 5.41) is 2.75. The average Bonchev–Trinajstić information content (AvgIpc) is 2.67. The molecule has 132 valence electrons. The summed E-state index contributed by atoms with van der Waals surface area (Å²) in [7, 11) is 1.60. The van der Waals surface area contributed by atoms with Crippen molar-refractivity contribution in [1.29, 1.82) is 0 Å². The molecule has 0 aliphatic heterocycles. The smallest absolute Gasteiger partial charge is 0.270 e. The third-order valence-corrected chi connectivity index (χ3v) is 3.76. The van der Waals surface area contributed by atoms with Crippen LogP contribution in [0.25, 0.3) is 0 Å². The van der Waals surface area contributed by atoms with Crippen LogP contribution in [0.15, 0.2) is 59.7 Å². The maximum Gasteiger partial charge on any atom is 0.270 e. The number of hydrogen-bond acceptors (Lipinski definition) is 5. The first-order valence-electron chi connectivity index (χ1n) is 8.04. The fourth-order valence-corrected chi connectivity index (χ4v) is 2.42. The Morgan fingerprint density at radius 1 is 1.12 bits per heavy atom. The van der Waals surface area contributed by atoms with Gasteiger partial charge in [0.15, 0.2) is 0 Å². The first kappa shape index (κ1) is 17.3. The van der Waals surface area contributed by atoms with E-state index < -0.39 is 5.91 Å². The molecule has 2 aromatic heterocycles. The largest absolute Gasteiger partial charge is 0.497 e. The highest BCUT2D eigenvalue weighted by molar-refractivity contribution is 5.92. The number of nitrogens with one attached hydrogen (secondary N) is 2. The predicted molar refractivity (Wildman–Crippen MR) is 96.1 cm³/mol. The molecule has 0 radical (unpaired) electrons. The zero-order valence-electron chi connectivity index (χ0n) is 14.2. The molecule has 0 aliphatic rings. The van der Waals surface area contributed by atoms with Crippen molar-refractivity contribution in [2.24, 2.45) is 0 Å². The second-order valence-corrected chi connectivity index (χ2v) is 5.64. The second-order valence-electron chi connectivity index (χ2n) is 5.64. The van der Waals surface area contributed by atoms with Crippen molar-refractivity contribution in [1.82, 2.24) is 20.3 Å². The Morgan fingerprint density at radius 2 is 1.85 bits per heavy atom. The number of benzene rings is 1. The molecule has 0 atom stereocenters. The van der Waals surface area contributed by atoms with Gasteiger partial charge in [0.1, 0.15) is 17.3 Å². The molecule has 0 aliphatic carbocycles. The van der Waals surface area contributed by atoms with E-state index in [2.05, 4.69) is 20.3 Å². The predicted octanol–water partition coefficient (Wildman–Crippen LogP) is 1.69. The molecule has 26 heavy (non-hydrogen) atoms. The van der Waals surface area contributed by atoms with Gasteiger partial charge >= 0.3 is 0 Å². The minimum Gasteiger partial charge on any atom is -0.497 e. The summed E-state index contributed by atoms with van der Waals surface area (Å²) >= 11 is 0. The highest BCUT2D eigenvalue weighted by Crippen LogP contribution is 2.13. The lowest BCUT2D eigenvalue weighted by Crippen LogP contribution is -2.26. The number of rotatable bonds is 6. The molecule has 2 heterocycles. The van der Waals surface area contributed by atoms with E-state index in [0.717, 1.165) is 16.9 Å². The van der Waals surface area contributed by atoms with Gasteiger partial charge < -0.3 is 15.0 Å². The van der Waals surface area contributed by atoms with Crippen molar-refractivity contribution >= 4 is 5.91 Å². The summed E-state index contributed by atoms with van der Waals surface area (Å²) in [6, 6.07) is 12.2. The zero-order valence-corrected chi connectivity index (χ0v) is 14.2. The molecule has 1 amide bonds. The van der Waals surface area contributed by atoms with E-state index in [-0.39, 0.29) is 11.3 Å². The van der Waals surface area contributed by atoms with Crippen molar-refractivity contribution in [2.75, 3.05) is 7.11 Å². The summed E-state index contributed by atoms with van der Waals surface area (Å²) < 4.78 is 5.12. The molecule has 3 aromatic rings. The van der Waals surface area contributed by atoms with Gasteiger partial charge in [0.05, 0.1) is 7.11 Å². The van der Waals surface area contributed by atoms with E-state index in [9.17, 15) is 9.59 Å². The third-order valence-electron chi connectivity index (χ3n) is 3.76. The number of carbonyl (C=O) groups excluding carboxylic acids is 1. The highest BCUT2D eigenvalue weighted by atomic mass is 16.5. The first-order valence-corrected chi connectivity index (χ1v) is 8.04. The van der Waals surface area contributed by atoms with Gasteiger partial charge in [-0.1, -0.05) is 12.1 Å². The molecular weight excluding hydrogens is 332 g/mol. The number of pyridine rings is 1. The van der Waals surface area contributed by atoms with Gasteiger partial charge in [-0.3, -0.25) is 14.6 Å². The van der Waals surface area contributed by atoms with Gasteiger partial charge in [-0.15, -0.1) is 0 Å². The molecule has 0 fully saturated rings. The van der Waals surface area contributed by atoms with Crippen LogP contribution in [-0.4, -0.2) is 28.0 Å². The minimum absolute atomic E-state index is 0.0892. The van der Waals surface area contributed by atoms with Crippen molar-refractivity contribution in [2.45, 2.75) is 13.0 Å². The first-order chi connectivity index (χ1) is 12.6. The van der Waals surface area contributed by atoms with Crippen molar-refractivity contribution in [3.05, 3.63) is 87.9 Å². The van der Waals surface area contributed by atoms with Gasteiger partial charge in [0.25, 0.3) is 11.5 Å². The van der Waals surface area contributed by atoms with Gasteiger partial charge in [0.2, 0.25) is 0 Å². The second kappa shape index (κ2) is 8.06. The van der Waals surface area contributed by atoms with Gasteiger partial charge in [-0.25, -0.2) is 4.98 Å². The molecule has 0 saturated heterocycles. The average molecular weight is 350 g/mol. The van der Waals surface area contributed by atoms with E-state index >= 15 is 0 Å². The molecule has 7 nitrogen and oxygen atoms in total. The molecule has 0 saturated carbocycles. The summed E-state index contributed by atoms with van der Waals surface area (Å²) in [4.78, 5) is 35.0. The van der Waals surface area contributed by atoms with E-state index in [1.54, 1.807) is 31.6 Å².